The summed E-state index contributed by atoms with van der Waals surface area (Å²) < 4.78 is 13.5. The first-order valence-corrected chi connectivity index (χ1v) is 6.00. The Morgan fingerprint density at radius 2 is 2.29 bits per heavy atom. The lowest BCUT2D eigenvalue weighted by Crippen LogP contribution is -2.29. The van der Waals surface area contributed by atoms with Gasteiger partial charge in [0.2, 0.25) is 0 Å². The summed E-state index contributed by atoms with van der Waals surface area (Å²) in [5.74, 6) is -0.810. The van der Waals surface area contributed by atoms with Crippen molar-refractivity contribution in [1.29, 1.82) is 0 Å². The minimum Gasteiger partial charge on any atom is -0.396 e. The highest BCUT2D eigenvalue weighted by atomic mass is 79.9. The van der Waals surface area contributed by atoms with Gasteiger partial charge in [-0.15, -0.1) is 0 Å². The van der Waals surface area contributed by atoms with Gasteiger partial charge < -0.3 is 15.7 Å². The van der Waals surface area contributed by atoms with Gasteiger partial charge in [0.25, 0.3) is 5.91 Å². The monoisotopic (exact) mass is 302 g/mol. The number of hydrogen-bond acceptors (Lipinski definition) is 3. The number of likely N-dealkylation sites (tertiary alicyclic amines) is 1. The fourth-order valence-electron chi connectivity index (χ4n) is 1.83. The largest absolute Gasteiger partial charge is 0.396 e. The summed E-state index contributed by atoms with van der Waals surface area (Å²) in [6, 6.07) is 2.49. The number of benzene rings is 1. The van der Waals surface area contributed by atoms with Crippen LogP contribution in [0.25, 0.3) is 0 Å². The third kappa shape index (κ3) is 2.42. The van der Waals surface area contributed by atoms with E-state index in [1.54, 1.807) is 0 Å². The van der Waals surface area contributed by atoms with Crippen molar-refractivity contribution in [3.8, 4) is 0 Å². The van der Waals surface area contributed by atoms with E-state index in [2.05, 4.69) is 15.9 Å². The van der Waals surface area contributed by atoms with Crippen LogP contribution in [-0.4, -0.2) is 35.1 Å². The van der Waals surface area contributed by atoms with Crippen molar-refractivity contribution in [2.45, 2.75) is 12.5 Å². The third-order valence-corrected chi connectivity index (χ3v) is 3.42. The Morgan fingerprint density at radius 3 is 2.88 bits per heavy atom. The van der Waals surface area contributed by atoms with Crippen molar-refractivity contribution in [1.82, 2.24) is 4.90 Å². The first-order chi connectivity index (χ1) is 7.99. The number of carbonyl (C=O) groups is 1. The number of hydrogen-bond donors (Lipinski definition) is 2. The van der Waals surface area contributed by atoms with Crippen LogP contribution in [0.2, 0.25) is 0 Å². The highest BCUT2D eigenvalue weighted by Gasteiger charge is 2.27. The summed E-state index contributed by atoms with van der Waals surface area (Å²) in [7, 11) is 0. The van der Waals surface area contributed by atoms with E-state index in [9.17, 15) is 14.3 Å². The lowest BCUT2D eigenvalue weighted by atomic mass is 10.1. The zero-order valence-corrected chi connectivity index (χ0v) is 10.6. The second-order valence-electron chi connectivity index (χ2n) is 4.05. The smallest absolute Gasteiger partial charge is 0.255 e. The van der Waals surface area contributed by atoms with Crippen LogP contribution in [0.15, 0.2) is 16.6 Å². The van der Waals surface area contributed by atoms with Gasteiger partial charge in [-0.05, 0) is 34.5 Å². The number of aliphatic hydroxyl groups excluding tert-OH is 1. The average molecular weight is 303 g/mol. The molecule has 3 N–H and O–H groups in total. The Labute approximate surface area is 106 Å². The Kier molecular flexibility index (Phi) is 3.35. The number of nitrogens with two attached hydrogens (primary N) is 1. The number of nitrogen functional groups attached to an aromatic ring is 1. The number of amides is 1. The van der Waals surface area contributed by atoms with Crippen LogP contribution < -0.4 is 5.73 Å². The van der Waals surface area contributed by atoms with Gasteiger partial charge in [0.1, 0.15) is 5.82 Å². The Hall–Kier alpha value is -1.14. The molecular weight excluding hydrogens is 291 g/mol. The molecule has 17 heavy (non-hydrogen) atoms. The van der Waals surface area contributed by atoms with Crippen LogP contribution in [0.1, 0.15) is 16.8 Å². The summed E-state index contributed by atoms with van der Waals surface area (Å²) in [5, 5.41) is 9.37. The molecule has 0 spiro atoms. The molecule has 1 heterocycles. The van der Waals surface area contributed by atoms with Gasteiger partial charge in [0.05, 0.1) is 17.4 Å². The maximum Gasteiger partial charge on any atom is 0.255 e. The van der Waals surface area contributed by atoms with E-state index in [4.69, 9.17) is 5.73 Å². The lowest BCUT2D eigenvalue weighted by Gasteiger charge is -2.16. The normalized spacial score (nSPS) is 19.7. The molecule has 1 aliphatic heterocycles. The quantitative estimate of drug-likeness (QED) is 0.770. The molecule has 4 nitrogen and oxygen atoms in total. The molecule has 1 unspecified atom stereocenters. The van der Waals surface area contributed by atoms with Crippen molar-refractivity contribution in [2.24, 2.45) is 0 Å². The van der Waals surface area contributed by atoms with Gasteiger partial charge in [-0.25, -0.2) is 4.39 Å². The van der Waals surface area contributed by atoms with Gasteiger partial charge in [0.15, 0.2) is 0 Å². The molecule has 1 aromatic rings. The maximum absolute atomic E-state index is 13.1. The van der Waals surface area contributed by atoms with Crippen LogP contribution in [-0.2, 0) is 0 Å². The highest BCUT2D eigenvalue weighted by molar-refractivity contribution is 9.10. The van der Waals surface area contributed by atoms with Crippen molar-refractivity contribution in [3.05, 3.63) is 28.0 Å². The molecule has 1 fully saturated rings. The van der Waals surface area contributed by atoms with Gasteiger partial charge >= 0.3 is 0 Å². The van der Waals surface area contributed by atoms with Gasteiger partial charge in [-0.3, -0.25) is 4.79 Å². The Balaban J connectivity index is 2.28. The number of anilines is 1. The predicted molar refractivity (Wildman–Crippen MR) is 65.0 cm³/mol. The molecule has 1 amide bonds. The Bertz CT molecular complexity index is 467. The van der Waals surface area contributed by atoms with E-state index in [1.165, 1.54) is 17.0 Å². The van der Waals surface area contributed by atoms with Crippen LogP contribution in [0.5, 0.6) is 0 Å². The van der Waals surface area contributed by atoms with Crippen molar-refractivity contribution in [2.75, 3.05) is 18.8 Å². The first kappa shape index (κ1) is 12.3. The molecular formula is C11H12BrFN2O2. The van der Waals surface area contributed by atoms with Gasteiger partial charge in [-0.1, -0.05) is 0 Å². The average Bonchev–Trinajstić information content (AvgIpc) is 2.69. The minimum absolute atomic E-state index is 0.0590. The number of β-amino-alcohol motifs (C(OH)–C–C–N with tert-alkyl or cyclic N) is 1. The van der Waals surface area contributed by atoms with Crippen molar-refractivity contribution < 1.29 is 14.3 Å². The summed E-state index contributed by atoms with van der Waals surface area (Å²) in [6.45, 7) is 0.812. The summed E-state index contributed by atoms with van der Waals surface area (Å²) >= 11 is 3.14. The summed E-state index contributed by atoms with van der Waals surface area (Å²) in [5.41, 5.74) is 5.70. The van der Waals surface area contributed by atoms with Gasteiger partial charge in [-0.2, -0.15) is 0 Å². The maximum atomic E-state index is 13.1. The summed E-state index contributed by atoms with van der Waals surface area (Å²) in [4.78, 5) is 13.6. The highest BCUT2D eigenvalue weighted by Crippen LogP contribution is 2.25. The second-order valence-corrected chi connectivity index (χ2v) is 4.90. The molecule has 1 aliphatic rings. The molecule has 6 heteroatoms. The van der Waals surface area contributed by atoms with E-state index in [1.807, 2.05) is 0 Å². The molecule has 1 atom stereocenters. The molecule has 0 aliphatic carbocycles. The molecule has 0 aromatic heterocycles. The second kappa shape index (κ2) is 4.62. The number of nitrogens with zero attached hydrogens (tertiary/aromatic N) is 1. The third-order valence-electron chi connectivity index (χ3n) is 2.77. The molecule has 2 rings (SSSR count). The number of aliphatic hydroxyl groups is 1. The first-order valence-electron chi connectivity index (χ1n) is 5.21. The summed E-state index contributed by atoms with van der Waals surface area (Å²) in [6.07, 6.45) is 0.0931. The zero-order chi connectivity index (χ0) is 12.6. The minimum atomic E-state index is -0.560. The zero-order valence-electron chi connectivity index (χ0n) is 8.99. The standard InChI is InChI=1S/C11H12BrFN2O2/c12-8-4-9(13)10(14)3-7(8)11(17)15-2-1-6(16)5-15/h3-4,6,16H,1-2,5,14H2. The number of carbonyl (C=O) groups excluding carboxylic acids is 1. The van der Waals surface area contributed by atoms with Gasteiger partial charge in [0, 0.05) is 17.6 Å². The van der Waals surface area contributed by atoms with Crippen LogP contribution in [0, 0.1) is 5.82 Å². The van der Waals surface area contributed by atoms with Crippen LogP contribution in [0.4, 0.5) is 10.1 Å². The molecule has 1 saturated heterocycles. The number of rotatable bonds is 1. The molecule has 0 bridgehead atoms. The van der Waals surface area contributed by atoms with Crippen LogP contribution in [0.3, 0.4) is 0 Å². The fourth-order valence-corrected chi connectivity index (χ4v) is 2.31. The predicted octanol–water partition coefficient (Wildman–Crippen LogP) is 1.38. The van der Waals surface area contributed by atoms with Crippen molar-refractivity contribution >= 4 is 27.5 Å². The molecule has 92 valence electrons. The van der Waals surface area contributed by atoms with E-state index in [0.29, 0.717) is 29.5 Å². The molecule has 0 saturated carbocycles. The molecule has 0 radical (unpaired) electrons. The van der Waals surface area contributed by atoms with E-state index in [-0.39, 0.29) is 11.6 Å². The van der Waals surface area contributed by atoms with E-state index >= 15 is 0 Å². The topological polar surface area (TPSA) is 66.6 Å². The SMILES string of the molecule is Nc1cc(C(=O)N2CCC(O)C2)c(Br)cc1F. The Morgan fingerprint density at radius 1 is 1.59 bits per heavy atom. The lowest BCUT2D eigenvalue weighted by molar-refractivity contribution is 0.0764. The fraction of sp³-hybridized carbons (Fsp3) is 0.364. The number of halogens is 2. The van der Waals surface area contributed by atoms with Crippen molar-refractivity contribution in [3.63, 3.8) is 0 Å². The van der Waals surface area contributed by atoms with Crippen LogP contribution >= 0.6 is 15.9 Å². The van der Waals surface area contributed by atoms with E-state index < -0.39 is 11.9 Å². The molecule has 1 aromatic carbocycles. The van der Waals surface area contributed by atoms with E-state index in [0.717, 1.165) is 0 Å².